The van der Waals surface area contributed by atoms with Crippen LogP contribution >= 0.6 is 11.8 Å². The maximum absolute atomic E-state index is 4.89. The standard InChI is InChI=1S/C6H8N2OS/c1-9-5-3-4-7-6(8-5)10-2/h3-4H,1-2H3. The molecule has 0 saturated heterocycles. The van der Waals surface area contributed by atoms with Crippen LogP contribution in [0.1, 0.15) is 0 Å². The molecule has 1 heterocycles. The van der Waals surface area contributed by atoms with E-state index in [-0.39, 0.29) is 0 Å². The van der Waals surface area contributed by atoms with E-state index in [4.69, 9.17) is 4.74 Å². The minimum atomic E-state index is 0.611. The Morgan fingerprint density at radius 1 is 1.60 bits per heavy atom. The molecule has 0 saturated carbocycles. The predicted octanol–water partition coefficient (Wildman–Crippen LogP) is 1.21. The molecular formula is C6H8N2OS. The molecule has 0 N–H and O–H groups in total. The second kappa shape index (κ2) is 3.41. The number of rotatable bonds is 2. The molecule has 1 aromatic rings. The Labute approximate surface area is 63.8 Å². The van der Waals surface area contributed by atoms with E-state index < -0.39 is 0 Å². The summed E-state index contributed by atoms with van der Waals surface area (Å²) < 4.78 is 4.89. The van der Waals surface area contributed by atoms with Gasteiger partial charge in [-0.2, -0.15) is 4.98 Å². The van der Waals surface area contributed by atoms with Gasteiger partial charge in [-0.05, 0) is 6.26 Å². The molecule has 0 atom stereocenters. The average molecular weight is 156 g/mol. The molecule has 0 fully saturated rings. The van der Waals surface area contributed by atoms with Crippen molar-refractivity contribution in [2.45, 2.75) is 5.16 Å². The second-order valence-corrected chi connectivity index (χ2v) is 2.36. The number of thioether (sulfide) groups is 1. The van der Waals surface area contributed by atoms with Crippen LogP contribution in [0.15, 0.2) is 17.4 Å². The Bertz CT molecular complexity index is 197. The van der Waals surface area contributed by atoms with Gasteiger partial charge in [0.1, 0.15) is 0 Å². The van der Waals surface area contributed by atoms with Crippen LogP contribution in [0, 0.1) is 0 Å². The zero-order valence-corrected chi connectivity index (χ0v) is 6.68. The minimum absolute atomic E-state index is 0.611. The van der Waals surface area contributed by atoms with Crippen molar-refractivity contribution in [2.24, 2.45) is 0 Å². The number of ether oxygens (including phenoxy) is 1. The third-order valence-electron chi connectivity index (χ3n) is 1.000. The van der Waals surface area contributed by atoms with E-state index in [0.717, 1.165) is 5.16 Å². The zero-order chi connectivity index (χ0) is 7.40. The normalized spacial score (nSPS) is 9.40. The van der Waals surface area contributed by atoms with Gasteiger partial charge in [0.05, 0.1) is 7.11 Å². The van der Waals surface area contributed by atoms with E-state index in [1.54, 1.807) is 19.4 Å². The molecule has 0 amide bonds. The lowest BCUT2D eigenvalue weighted by Gasteiger charge is -1.97. The van der Waals surface area contributed by atoms with E-state index >= 15 is 0 Å². The van der Waals surface area contributed by atoms with Gasteiger partial charge in [0.2, 0.25) is 5.88 Å². The molecule has 3 nitrogen and oxygen atoms in total. The van der Waals surface area contributed by atoms with Gasteiger partial charge in [0.25, 0.3) is 0 Å². The van der Waals surface area contributed by atoms with Gasteiger partial charge in [-0.1, -0.05) is 11.8 Å². The van der Waals surface area contributed by atoms with Crippen LogP contribution in [0.3, 0.4) is 0 Å². The van der Waals surface area contributed by atoms with Crippen molar-refractivity contribution in [1.29, 1.82) is 0 Å². The first-order valence-corrected chi connectivity index (χ1v) is 4.00. The fourth-order valence-corrected chi connectivity index (χ4v) is 0.885. The number of hydrogen-bond donors (Lipinski definition) is 0. The number of nitrogens with zero attached hydrogens (tertiary/aromatic N) is 2. The van der Waals surface area contributed by atoms with Crippen LogP contribution in [-0.4, -0.2) is 23.3 Å². The van der Waals surface area contributed by atoms with Crippen LogP contribution in [0.2, 0.25) is 0 Å². The van der Waals surface area contributed by atoms with Gasteiger partial charge >= 0.3 is 0 Å². The lowest BCUT2D eigenvalue weighted by Crippen LogP contribution is -1.89. The van der Waals surface area contributed by atoms with Gasteiger partial charge in [-0.3, -0.25) is 0 Å². The zero-order valence-electron chi connectivity index (χ0n) is 5.87. The summed E-state index contributed by atoms with van der Waals surface area (Å²) in [6.07, 6.45) is 3.60. The number of aromatic nitrogens is 2. The topological polar surface area (TPSA) is 35.0 Å². The van der Waals surface area contributed by atoms with Crippen LogP contribution in [0.25, 0.3) is 0 Å². The van der Waals surface area contributed by atoms with Crippen molar-refractivity contribution < 1.29 is 4.74 Å². The van der Waals surface area contributed by atoms with Crippen LogP contribution < -0.4 is 4.74 Å². The maximum atomic E-state index is 4.89. The van der Waals surface area contributed by atoms with Crippen molar-refractivity contribution in [3.05, 3.63) is 12.3 Å². The monoisotopic (exact) mass is 156 g/mol. The fraction of sp³-hybridized carbons (Fsp3) is 0.333. The highest BCUT2D eigenvalue weighted by molar-refractivity contribution is 7.98. The highest BCUT2D eigenvalue weighted by atomic mass is 32.2. The number of methoxy groups -OCH3 is 1. The summed E-state index contributed by atoms with van der Waals surface area (Å²) in [5, 5.41) is 0.736. The van der Waals surface area contributed by atoms with E-state index in [2.05, 4.69) is 9.97 Å². The molecule has 4 heteroatoms. The lowest BCUT2D eigenvalue weighted by atomic mass is 10.6. The maximum Gasteiger partial charge on any atom is 0.216 e. The molecule has 0 radical (unpaired) electrons. The lowest BCUT2D eigenvalue weighted by molar-refractivity contribution is 0.392. The third-order valence-corrected chi connectivity index (χ3v) is 1.56. The molecule has 0 bridgehead atoms. The van der Waals surface area contributed by atoms with Crippen molar-refractivity contribution in [1.82, 2.24) is 9.97 Å². The highest BCUT2D eigenvalue weighted by Crippen LogP contribution is 2.11. The fourth-order valence-electron chi connectivity index (χ4n) is 0.537. The van der Waals surface area contributed by atoms with Gasteiger partial charge in [-0.25, -0.2) is 4.98 Å². The van der Waals surface area contributed by atoms with Crippen molar-refractivity contribution in [3.8, 4) is 5.88 Å². The first-order chi connectivity index (χ1) is 4.86. The molecular weight excluding hydrogens is 148 g/mol. The van der Waals surface area contributed by atoms with Gasteiger partial charge < -0.3 is 4.74 Å². The van der Waals surface area contributed by atoms with E-state index in [9.17, 15) is 0 Å². The Balaban J connectivity index is 2.87. The van der Waals surface area contributed by atoms with Crippen LogP contribution in [0.5, 0.6) is 5.88 Å². The summed E-state index contributed by atoms with van der Waals surface area (Å²) in [7, 11) is 1.59. The largest absolute Gasteiger partial charge is 0.481 e. The molecule has 1 aromatic heterocycles. The summed E-state index contributed by atoms with van der Waals surface area (Å²) in [6, 6.07) is 1.72. The number of hydrogen-bond acceptors (Lipinski definition) is 4. The second-order valence-electron chi connectivity index (χ2n) is 1.59. The molecule has 10 heavy (non-hydrogen) atoms. The molecule has 0 spiro atoms. The quantitative estimate of drug-likeness (QED) is 0.476. The molecule has 0 unspecified atom stereocenters. The first-order valence-electron chi connectivity index (χ1n) is 2.78. The summed E-state index contributed by atoms with van der Waals surface area (Å²) in [5.41, 5.74) is 0. The molecule has 54 valence electrons. The van der Waals surface area contributed by atoms with Crippen molar-refractivity contribution in [3.63, 3.8) is 0 Å². The Kier molecular flexibility index (Phi) is 2.50. The van der Waals surface area contributed by atoms with Crippen molar-refractivity contribution >= 4 is 11.8 Å². The van der Waals surface area contributed by atoms with Crippen molar-refractivity contribution in [2.75, 3.05) is 13.4 Å². The van der Waals surface area contributed by atoms with Crippen LogP contribution in [-0.2, 0) is 0 Å². The molecule has 0 aromatic carbocycles. The summed E-state index contributed by atoms with van der Waals surface area (Å²) in [5.74, 6) is 0.611. The minimum Gasteiger partial charge on any atom is -0.481 e. The highest BCUT2D eigenvalue weighted by Gasteiger charge is 1.94. The van der Waals surface area contributed by atoms with E-state index in [0.29, 0.717) is 5.88 Å². The van der Waals surface area contributed by atoms with Crippen LogP contribution in [0.4, 0.5) is 0 Å². The Hall–Kier alpha value is -0.770. The van der Waals surface area contributed by atoms with Gasteiger partial charge in [-0.15, -0.1) is 0 Å². The third kappa shape index (κ3) is 1.60. The van der Waals surface area contributed by atoms with Gasteiger partial charge in [0, 0.05) is 12.3 Å². The Morgan fingerprint density at radius 2 is 2.40 bits per heavy atom. The van der Waals surface area contributed by atoms with E-state index in [1.165, 1.54) is 11.8 Å². The molecule has 0 aliphatic rings. The first kappa shape index (κ1) is 7.34. The summed E-state index contributed by atoms with van der Waals surface area (Å²) in [4.78, 5) is 8.02. The summed E-state index contributed by atoms with van der Waals surface area (Å²) in [6.45, 7) is 0. The molecule has 0 aliphatic carbocycles. The average Bonchev–Trinajstić information content (AvgIpc) is 2.05. The Morgan fingerprint density at radius 3 is 3.00 bits per heavy atom. The summed E-state index contributed by atoms with van der Waals surface area (Å²) >= 11 is 1.50. The smallest absolute Gasteiger partial charge is 0.216 e. The molecule has 1 rings (SSSR count). The SMILES string of the molecule is COc1ccnc(SC)n1. The van der Waals surface area contributed by atoms with E-state index in [1.807, 2.05) is 6.26 Å². The molecule has 0 aliphatic heterocycles. The predicted molar refractivity (Wildman–Crippen MR) is 40.4 cm³/mol. The van der Waals surface area contributed by atoms with Gasteiger partial charge in [0.15, 0.2) is 5.16 Å².